The number of amides is 2. The van der Waals surface area contributed by atoms with E-state index in [1.807, 2.05) is 0 Å². The van der Waals surface area contributed by atoms with Crippen LogP contribution in [0.15, 0.2) is 53.6 Å². The van der Waals surface area contributed by atoms with E-state index >= 15 is 0 Å². The highest BCUT2D eigenvalue weighted by molar-refractivity contribution is 8.00. The molecule has 172 valence electrons. The zero-order chi connectivity index (χ0) is 23.9. The molecule has 0 aliphatic carbocycles. The van der Waals surface area contributed by atoms with Crippen LogP contribution >= 0.6 is 11.8 Å². The Kier molecular flexibility index (Phi) is 6.06. The summed E-state index contributed by atoms with van der Waals surface area (Å²) < 4.78 is 40.9. The number of carbonyl (C=O) groups excluding carboxylic acids is 2. The van der Waals surface area contributed by atoms with Crippen LogP contribution in [0.25, 0.3) is 0 Å². The van der Waals surface area contributed by atoms with Crippen LogP contribution in [0, 0.1) is 26.6 Å². The van der Waals surface area contributed by atoms with E-state index in [1.165, 1.54) is 30.0 Å². The first kappa shape index (κ1) is 23.1. The standard InChI is InChI=1S/C23H22FN3O4S2/c1-13-10-17(22(29)26-33(30,31)21-14(2)11-25-15(21)3)6-9-19(13)27-20(28)12-32-23(27)16-4-7-18(24)8-5-16/h4-11,23,25H,12H2,1-3H3,(H,26,29). The molecule has 10 heteroatoms. The zero-order valence-electron chi connectivity index (χ0n) is 18.2. The van der Waals surface area contributed by atoms with Crippen LogP contribution in [0.1, 0.15) is 38.1 Å². The molecule has 1 atom stereocenters. The van der Waals surface area contributed by atoms with Gasteiger partial charge in [-0.3, -0.25) is 14.5 Å². The topological polar surface area (TPSA) is 99.3 Å². The number of aromatic amines is 1. The van der Waals surface area contributed by atoms with Crippen molar-refractivity contribution in [2.24, 2.45) is 0 Å². The van der Waals surface area contributed by atoms with Crippen molar-refractivity contribution in [3.05, 3.63) is 82.4 Å². The summed E-state index contributed by atoms with van der Waals surface area (Å²) in [4.78, 5) is 29.9. The third-order valence-corrected chi connectivity index (χ3v) is 8.27. The van der Waals surface area contributed by atoms with Gasteiger partial charge in [-0.05, 0) is 67.8 Å². The molecule has 2 amide bonds. The lowest BCUT2D eigenvalue weighted by atomic mass is 10.1. The lowest BCUT2D eigenvalue weighted by Crippen LogP contribution is -2.32. The van der Waals surface area contributed by atoms with Gasteiger partial charge in [-0.1, -0.05) is 12.1 Å². The van der Waals surface area contributed by atoms with Gasteiger partial charge in [-0.25, -0.2) is 17.5 Å². The second-order valence-electron chi connectivity index (χ2n) is 7.84. The van der Waals surface area contributed by atoms with E-state index in [9.17, 15) is 22.4 Å². The molecule has 1 unspecified atom stereocenters. The number of anilines is 1. The third-order valence-electron chi connectivity index (χ3n) is 5.44. The van der Waals surface area contributed by atoms with E-state index in [2.05, 4.69) is 9.71 Å². The Hall–Kier alpha value is -3.11. The smallest absolute Gasteiger partial charge is 0.266 e. The molecule has 2 heterocycles. The third kappa shape index (κ3) is 4.40. The number of thioether (sulfide) groups is 1. The Balaban J connectivity index is 1.60. The summed E-state index contributed by atoms with van der Waals surface area (Å²) in [5, 5.41) is -0.323. The van der Waals surface area contributed by atoms with Crippen molar-refractivity contribution in [2.75, 3.05) is 10.7 Å². The number of carbonyl (C=O) groups is 2. The van der Waals surface area contributed by atoms with E-state index < -0.39 is 15.9 Å². The first-order chi connectivity index (χ1) is 15.6. The Labute approximate surface area is 195 Å². The second-order valence-corrected chi connectivity index (χ2v) is 10.5. The summed E-state index contributed by atoms with van der Waals surface area (Å²) in [6.07, 6.45) is 1.57. The van der Waals surface area contributed by atoms with Crippen molar-refractivity contribution in [3.8, 4) is 0 Å². The average Bonchev–Trinajstić information content (AvgIpc) is 3.30. The largest absolute Gasteiger partial charge is 0.364 e. The highest BCUT2D eigenvalue weighted by Crippen LogP contribution is 2.42. The van der Waals surface area contributed by atoms with Gasteiger partial charge in [0.1, 0.15) is 16.1 Å². The van der Waals surface area contributed by atoms with E-state index in [0.29, 0.717) is 22.5 Å². The molecule has 1 aliphatic rings. The number of H-pyrrole nitrogens is 1. The predicted octanol–water partition coefficient (Wildman–Crippen LogP) is 3.98. The molecule has 2 aromatic carbocycles. The molecule has 1 saturated heterocycles. The molecule has 0 bridgehead atoms. The van der Waals surface area contributed by atoms with Gasteiger partial charge in [0.2, 0.25) is 5.91 Å². The quantitative estimate of drug-likeness (QED) is 0.567. The summed E-state index contributed by atoms with van der Waals surface area (Å²) in [5.41, 5.74) is 3.14. The normalized spacial score (nSPS) is 16.3. The monoisotopic (exact) mass is 487 g/mol. The predicted molar refractivity (Wildman–Crippen MR) is 125 cm³/mol. The summed E-state index contributed by atoms with van der Waals surface area (Å²) in [6, 6.07) is 10.7. The zero-order valence-corrected chi connectivity index (χ0v) is 19.8. The minimum Gasteiger partial charge on any atom is -0.364 e. The highest BCUT2D eigenvalue weighted by Gasteiger charge is 2.35. The van der Waals surface area contributed by atoms with E-state index in [-0.39, 0.29) is 33.3 Å². The number of benzene rings is 2. The lowest BCUT2D eigenvalue weighted by molar-refractivity contribution is -0.115. The van der Waals surface area contributed by atoms with Gasteiger partial charge in [0.15, 0.2) is 0 Å². The maximum atomic E-state index is 13.3. The van der Waals surface area contributed by atoms with E-state index in [1.54, 1.807) is 56.1 Å². The molecule has 33 heavy (non-hydrogen) atoms. The van der Waals surface area contributed by atoms with E-state index in [4.69, 9.17) is 0 Å². The summed E-state index contributed by atoms with van der Waals surface area (Å²) >= 11 is 1.43. The number of hydrogen-bond acceptors (Lipinski definition) is 5. The van der Waals surface area contributed by atoms with Crippen LogP contribution in [-0.2, 0) is 14.8 Å². The Morgan fingerprint density at radius 3 is 2.42 bits per heavy atom. The SMILES string of the molecule is Cc1cc(C(=O)NS(=O)(=O)c2c(C)c[nH]c2C)ccc1N1C(=O)CSC1c1ccc(F)cc1. The maximum absolute atomic E-state index is 13.3. The molecule has 3 aromatic rings. The van der Waals surface area contributed by atoms with Crippen molar-refractivity contribution in [2.45, 2.75) is 31.0 Å². The van der Waals surface area contributed by atoms with Crippen molar-refractivity contribution in [1.29, 1.82) is 0 Å². The molecular weight excluding hydrogens is 465 g/mol. The van der Waals surface area contributed by atoms with Crippen LogP contribution in [0.5, 0.6) is 0 Å². The number of aryl methyl sites for hydroxylation is 3. The molecule has 1 fully saturated rings. The lowest BCUT2D eigenvalue weighted by Gasteiger charge is -2.26. The summed E-state index contributed by atoms with van der Waals surface area (Å²) in [6.45, 7) is 5.01. The minimum atomic E-state index is -4.05. The first-order valence-electron chi connectivity index (χ1n) is 10.1. The molecule has 2 N–H and O–H groups in total. The van der Waals surface area contributed by atoms with Gasteiger partial charge in [-0.2, -0.15) is 0 Å². The number of nitrogens with zero attached hydrogens (tertiary/aromatic N) is 1. The van der Waals surface area contributed by atoms with Crippen LogP contribution < -0.4 is 9.62 Å². The number of halogens is 1. The fraction of sp³-hybridized carbons (Fsp3) is 0.217. The number of hydrogen-bond donors (Lipinski definition) is 2. The van der Waals surface area contributed by atoms with Gasteiger partial charge in [0.05, 0.1) is 5.75 Å². The number of sulfonamides is 1. The average molecular weight is 488 g/mol. The minimum absolute atomic E-state index is 0.0472. The fourth-order valence-corrected chi connectivity index (χ4v) is 6.49. The van der Waals surface area contributed by atoms with Gasteiger partial charge >= 0.3 is 0 Å². The number of nitrogens with one attached hydrogen (secondary N) is 2. The summed E-state index contributed by atoms with van der Waals surface area (Å²) in [5.74, 6) is -0.944. The Bertz CT molecular complexity index is 1330. The van der Waals surface area contributed by atoms with Gasteiger partial charge in [0, 0.05) is 23.1 Å². The molecule has 7 nitrogen and oxygen atoms in total. The van der Waals surface area contributed by atoms with Crippen LogP contribution in [0.2, 0.25) is 0 Å². The first-order valence-corrected chi connectivity index (χ1v) is 12.6. The Morgan fingerprint density at radius 1 is 1.12 bits per heavy atom. The molecule has 1 aromatic heterocycles. The van der Waals surface area contributed by atoms with Crippen molar-refractivity contribution >= 4 is 39.3 Å². The van der Waals surface area contributed by atoms with E-state index in [0.717, 1.165) is 5.56 Å². The van der Waals surface area contributed by atoms with Gasteiger partial charge in [-0.15, -0.1) is 11.8 Å². The van der Waals surface area contributed by atoms with Crippen LogP contribution in [0.3, 0.4) is 0 Å². The second kappa shape index (κ2) is 8.68. The van der Waals surface area contributed by atoms with Crippen LogP contribution in [0.4, 0.5) is 10.1 Å². The van der Waals surface area contributed by atoms with Gasteiger partial charge in [0.25, 0.3) is 15.9 Å². The number of aromatic nitrogens is 1. The molecular formula is C23H22FN3O4S2. The van der Waals surface area contributed by atoms with Crippen molar-refractivity contribution in [1.82, 2.24) is 9.71 Å². The van der Waals surface area contributed by atoms with Gasteiger partial charge < -0.3 is 4.98 Å². The van der Waals surface area contributed by atoms with Crippen molar-refractivity contribution in [3.63, 3.8) is 0 Å². The molecule has 1 aliphatic heterocycles. The van der Waals surface area contributed by atoms with Crippen LogP contribution in [-0.4, -0.2) is 31.0 Å². The number of rotatable bonds is 5. The van der Waals surface area contributed by atoms with Crippen molar-refractivity contribution < 1.29 is 22.4 Å². The maximum Gasteiger partial charge on any atom is 0.266 e. The highest BCUT2D eigenvalue weighted by atomic mass is 32.2. The molecule has 0 spiro atoms. The fourth-order valence-electron chi connectivity index (χ4n) is 3.91. The Morgan fingerprint density at radius 2 is 1.82 bits per heavy atom. The molecule has 4 rings (SSSR count). The summed E-state index contributed by atoms with van der Waals surface area (Å²) in [7, 11) is -4.05. The molecule has 0 saturated carbocycles. The molecule has 0 radical (unpaired) electrons.